The first kappa shape index (κ1) is 19.8. The summed E-state index contributed by atoms with van der Waals surface area (Å²) in [6.07, 6.45) is 3.97. The molecule has 0 bridgehead atoms. The summed E-state index contributed by atoms with van der Waals surface area (Å²) in [5.41, 5.74) is 7.95. The number of nitrogens with zero attached hydrogens (tertiary/aromatic N) is 2. The van der Waals surface area contributed by atoms with Crippen LogP contribution in [-0.2, 0) is 9.59 Å². The molecule has 0 unspecified atom stereocenters. The number of anilines is 2. The van der Waals surface area contributed by atoms with Crippen LogP contribution in [0.15, 0.2) is 36.5 Å². The summed E-state index contributed by atoms with van der Waals surface area (Å²) in [5.74, 6) is -1.09. The van der Waals surface area contributed by atoms with Crippen molar-refractivity contribution < 1.29 is 14.0 Å². The van der Waals surface area contributed by atoms with Gasteiger partial charge in [-0.15, -0.1) is 0 Å². The average molecular weight is 384 g/mol. The number of benzene rings is 1. The largest absolute Gasteiger partial charge is 0.383 e. The van der Waals surface area contributed by atoms with Crippen LogP contribution in [0.5, 0.6) is 0 Å². The van der Waals surface area contributed by atoms with Gasteiger partial charge in [0.25, 0.3) is 0 Å². The number of aromatic nitrogens is 1. The number of piperidine rings is 1. The summed E-state index contributed by atoms with van der Waals surface area (Å²) in [6, 6.07) is 7.60. The minimum absolute atomic E-state index is 0.144. The molecule has 1 aliphatic rings. The van der Waals surface area contributed by atoms with Gasteiger partial charge >= 0.3 is 11.8 Å². The van der Waals surface area contributed by atoms with Gasteiger partial charge in [-0.05, 0) is 54.5 Å². The zero-order valence-corrected chi connectivity index (χ0v) is 16.1. The van der Waals surface area contributed by atoms with E-state index in [4.69, 9.17) is 5.73 Å². The normalized spacial score (nSPS) is 16.9. The van der Waals surface area contributed by atoms with Gasteiger partial charge < -0.3 is 16.0 Å². The number of carbonyl (C=O) groups excluding carboxylic acids is 2. The molecule has 1 aromatic carbocycles. The SMILES string of the molecule is CC(C)c1cc(NC(=O)C(=O)N2CCCC[C@H]2c2ccc(F)cc2)cnc1N. The molecule has 1 aliphatic heterocycles. The van der Waals surface area contributed by atoms with Crippen molar-refractivity contribution in [3.8, 4) is 0 Å². The molecule has 0 spiro atoms. The topological polar surface area (TPSA) is 88.3 Å². The summed E-state index contributed by atoms with van der Waals surface area (Å²) in [5, 5.41) is 2.63. The van der Waals surface area contributed by atoms with Crippen molar-refractivity contribution in [1.82, 2.24) is 9.88 Å². The molecule has 0 saturated carbocycles. The Morgan fingerprint density at radius 3 is 2.64 bits per heavy atom. The van der Waals surface area contributed by atoms with Crippen LogP contribution < -0.4 is 11.1 Å². The molecule has 1 fully saturated rings. The minimum atomic E-state index is -0.713. The average Bonchev–Trinajstić information content (AvgIpc) is 2.69. The molecule has 7 heteroatoms. The highest BCUT2D eigenvalue weighted by Gasteiger charge is 2.32. The van der Waals surface area contributed by atoms with Crippen molar-refractivity contribution >= 4 is 23.3 Å². The molecule has 0 radical (unpaired) electrons. The Balaban J connectivity index is 1.76. The van der Waals surface area contributed by atoms with E-state index in [-0.39, 0.29) is 17.8 Å². The molecule has 6 nitrogen and oxygen atoms in total. The predicted molar refractivity (Wildman–Crippen MR) is 106 cm³/mol. The second-order valence-electron chi connectivity index (χ2n) is 7.37. The number of amides is 2. The van der Waals surface area contributed by atoms with Crippen molar-refractivity contribution in [3.63, 3.8) is 0 Å². The van der Waals surface area contributed by atoms with Gasteiger partial charge in [0.15, 0.2) is 0 Å². The fourth-order valence-electron chi connectivity index (χ4n) is 3.54. The lowest BCUT2D eigenvalue weighted by molar-refractivity contribution is -0.145. The molecular weight excluding hydrogens is 359 g/mol. The Kier molecular flexibility index (Phi) is 5.92. The van der Waals surface area contributed by atoms with E-state index in [0.717, 1.165) is 30.4 Å². The Morgan fingerprint density at radius 1 is 1.25 bits per heavy atom. The van der Waals surface area contributed by atoms with Crippen LogP contribution in [0.1, 0.15) is 56.2 Å². The number of carbonyl (C=O) groups is 2. The van der Waals surface area contributed by atoms with Crippen molar-refractivity contribution in [2.24, 2.45) is 0 Å². The molecular formula is C21H25FN4O2. The maximum absolute atomic E-state index is 13.2. The molecule has 1 aromatic heterocycles. The van der Waals surface area contributed by atoms with Gasteiger partial charge in [0, 0.05) is 6.54 Å². The maximum Gasteiger partial charge on any atom is 0.313 e. The monoisotopic (exact) mass is 384 g/mol. The molecule has 2 heterocycles. The number of nitrogens with one attached hydrogen (secondary N) is 1. The number of nitrogen functional groups attached to an aromatic ring is 1. The third-order valence-corrected chi connectivity index (χ3v) is 5.04. The summed E-state index contributed by atoms with van der Waals surface area (Å²) >= 11 is 0. The second-order valence-corrected chi connectivity index (χ2v) is 7.37. The first-order valence-corrected chi connectivity index (χ1v) is 9.49. The number of rotatable bonds is 3. The van der Waals surface area contributed by atoms with Crippen LogP contribution in [0.3, 0.4) is 0 Å². The standard InChI is InChI=1S/C21H25FN4O2/c1-13(2)17-11-16(12-24-19(17)23)25-20(27)21(28)26-10-4-3-5-18(26)14-6-8-15(22)9-7-14/h6-9,11-13,18H,3-5,10H2,1-2H3,(H2,23,24)(H,25,27)/t18-/m0/s1. The zero-order valence-electron chi connectivity index (χ0n) is 16.1. The number of pyridine rings is 1. The fraction of sp³-hybridized carbons (Fsp3) is 0.381. The molecule has 0 aliphatic carbocycles. The first-order valence-electron chi connectivity index (χ1n) is 9.49. The van der Waals surface area contributed by atoms with E-state index in [9.17, 15) is 14.0 Å². The van der Waals surface area contributed by atoms with Crippen molar-refractivity contribution in [3.05, 3.63) is 53.5 Å². The fourth-order valence-corrected chi connectivity index (χ4v) is 3.54. The van der Waals surface area contributed by atoms with E-state index < -0.39 is 11.8 Å². The molecule has 3 N–H and O–H groups in total. The van der Waals surface area contributed by atoms with E-state index in [1.54, 1.807) is 23.1 Å². The van der Waals surface area contributed by atoms with Crippen LogP contribution in [-0.4, -0.2) is 28.2 Å². The second kappa shape index (κ2) is 8.37. The lowest BCUT2D eigenvalue weighted by Crippen LogP contribution is -2.44. The van der Waals surface area contributed by atoms with Crippen LogP contribution in [0.2, 0.25) is 0 Å². The number of likely N-dealkylation sites (tertiary alicyclic amines) is 1. The number of hydrogen-bond acceptors (Lipinski definition) is 4. The maximum atomic E-state index is 13.2. The van der Waals surface area contributed by atoms with E-state index in [1.807, 2.05) is 13.8 Å². The Bertz CT molecular complexity index is 867. The summed E-state index contributed by atoms with van der Waals surface area (Å²) in [6.45, 7) is 4.45. The Labute approximate surface area is 163 Å². The molecule has 1 saturated heterocycles. The third-order valence-electron chi connectivity index (χ3n) is 5.04. The van der Waals surface area contributed by atoms with Crippen LogP contribution in [0.25, 0.3) is 0 Å². The number of hydrogen-bond donors (Lipinski definition) is 2. The van der Waals surface area contributed by atoms with E-state index >= 15 is 0 Å². The van der Waals surface area contributed by atoms with Crippen LogP contribution in [0.4, 0.5) is 15.9 Å². The molecule has 2 amide bonds. The highest BCUT2D eigenvalue weighted by atomic mass is 19.1. The van der Waals surface area contributed by atoms with Crippen LogP contribution in [0, 0.1) is 5.82 Å². The van der Waals surface area contributed by atoms with Gasteiger partial charge in [-0.3, -0.25) is 9.59 Å². The highest BCUT2D eigenvalue weighted by molar-refractivity contribution is 6.39. The Hall–Kier alpha value is -2.96. The first-order chi connectivity index (χ1) is 13.4. The highest BCUT2D eigenvalue weighted by Crippen LogP contribution is 2.31. The Morgan fingerprint density at radius 2 is 1.96 bits per heavy atom. The lowest BCUT2D eigenvalue weighted by atomic mass is 9.95. The van der Waals surface area contributed by atoms with Gasteiger partial charge in [0.05, 0.1) is 17.9 Å². The quantitative estimate of drug-likeness (QED) is 0.791. The van der Waals surface area contributed by atoms with Crippen molar-refractivity contribution in [2.45, 2.75) is 45.1 Å². The summed E-state index contributed by atoms with van der Waals surface area (Å²) in [7, 11) is 0. The van der Waals surface area contributed by atoms with Gasteiger partial charge in [0.2, 0.25) is 0 Å². The molecule has 3 rings (SSSR count). The van der Waals surface area contributed by atoms with E-state index in [0.29, 0.717) is 18.1 Å². The zero-order chi connectivity index (χ0) is 20.3. The predicted octanol–water partition coefficient (Wildman–Crippen LogP) is 3.62. The smallest absolute Gasteiger partial charge is 0.313 e. The molecule has 2 aromatic rings. The molecule has 148 valence electrons. The van der Waals surface area contributed by atoms with Gasteiger partial charge in [-0.2, -0.15) is 0 Å². The summed E-state index contributed by atoms with van der Waals surface area (Å²) < 4.78 is 13.2. The van der Waals surface area contributed by atoms with E-state index in [2.05, 4.69) is 10.3 Å². The summed E-state index contributed by atoms with van der Waals surface area (Å²) in [4.78, 5) is 31.1. The number of halogens is 1. The van der Waals surface area contributed by atoms with Crippen molar-refractivity contribution in [1.29, 1.82) is 0 Å². The molecule has 1 atom stereocenters. The van der Waals surface area contributed by atoms with Gasteiger partial charge in [0.1, 0.15) is 11.6 Å². The minimum Gasteiger partial charge on any atom is -0.383 e. The van der Waals surface area contributed by atoms with Gasteiger partial charge in [-0.25, -0.2) is 9.37 Å². The van der Waals surface area contributed by atoms with Crippen LogP contribution >= 0.6 is 0 Å². The van der Waals surface area contributed by atoms with Gasteiger partial charge in [-0.1, -0.05) is 26.0 Å². The third kappa shape index (κ3) is 4.30. The van der Waals surface area contributed by atoms with Crippen molar-refractivity contribution in [2.75, 3.05) is 17.6 Å². The number of nitrogens with two attached hydrogens (primary N) is 1. The molecule has 28 heavy (non-hydrogen) atoms. The lowest BCUT2D eigenvalue weighted by Gasteiger charge is -2.35. The van der Waals surface area contributed by atoms with E-state index in [1.165, 1.54) is 18.3 Å².